The van der Waals surface area contributed by atoms with E-state index in [1.807, 2.05) is 12.1 Å². The van der Waals surface area contributed by atoms with Crippen LogP contribution in [-0.4, -0.2) is 15.0 Å². The first-order valence-electron chi connectivity index (χ1n) is 6.70. The Morgan fingerprint density at radius 3 is 2.62 bits per heavy atom. The van der Waals surface area contributed by atoms with Crippen LogP contribution in [0.4, 0.5) is 11.4 Å². The van der Waals surface area contributed by atoms with Gasteiger partial charge in [0.15, 0.2) is 0 Å². The topological polar surface area (TPSA) is 58.2 Å². The van der Waals surface area contributed by atoms with Gasteiger partial charge in [-0.25, -0.2) is 8.42 Å². The fourth-order valence-corrected chi connectivity index (χ4v) is 3.61. The second-order valence-electron chi connectivity index (χ2n) is 4.93. The molecule has 0 saturated carbocycles. The number of aryl methyl sites for hydroxylation is 1. The third-order valence-electron chi connectivity index (χ3n) is 3.44. The highest BCUT2D eigenvalue weighted by Crippen LogP contribution is 2.31. The van der Waals surface area contributed by atoms with Gasteiger partial charge in [-0.2, -0.15) is 0 Å². The fourth-order valence-electron chi connectivity index (χ4n) is 2.41. The summed E-state index contributed by atoms with van der Waals surface area (Å²) in [5.41, 5.74) is 2.60. The van der Waals surface area contributed by atoms with Crippen LogP contribution in [0, 0.1) is 0 Å². The molecule has 2 N–H and O–H groups in total. The number of nitrogens with one attached hydrogen (secondary N) is 2. The van der Waals surface area contributed by atoms with E-state index >= 15 is 0 Å². The quantitative estimate of drug-likeness (QED) is 0.909. The van der Waals surface area contributed by atoms with Crippen LogP contribution in [0.2, 0.25) is 5.02 Å². The van der Waals surface area contributed by atoms with Crippen molar-refractivity contribution in [1.82, 2.24) is 0 Å². The fraction of sp³-hybridized carbons (Fsp3) is 0.200. The summed E-state index contributed by atoms with van der Waals surface area (Å²) in [6.07, 6.45) is 2.01. The lowest BCUT2D eigenvalue weighted by molar-refractivity contribution is 0.601. The summed E-state index contributed by atoms with van der Waals surface area (Å²) < 4.78 is 27.5. The van der Waals surface area contributed by atoms with Gasteiger partial charge >= 0.3 is 0 Å². The number of halogens is 1. The largest absolute Gasteiger partial charge is 0.383 e. The van der Waals surface area contributed by atoms with Gasteiger partial charge in [0.1, 0.15) is 0 Å². The predicted molar refractivity (Wildman–Crippen MR) is 85.5 cm³/mol. The monoisotopic (exact) mass is 322 g/mol. The van der Waals surface area contributed by atoms with Gasteiger partial charge in [0, 0.05) is 11.6 Å². The zero-order valence-corrected chi connectivity index (χ0v) is 12.8. The molecular formula is C15H15ClN2O2S. The highest BCUT2D eigenvalue weighted by Gasteiger charge is 2.18. The van der Waals surface area contributed by atoms with E-state index in [2.05, 4.69) is 10.0 Å². The Morgan fingerprint density at radius 2 is 1.86 bits per heavy atom. The van der Waals surface area contributed by atoms with Crippen LogP contribution in [-0.2, 0) is 16.4 Å². The second kappa shape index (κ2) is 5.58. The summed E-state index contributed by atoms with van der Waals surface area (Å²) in [6, 6.07) is 11.8. The lowest BCUT2D eigenvalue weighted by atomic mass is 10.0. The molecule has 6 heteroatoms. The Morgan fingerprint density at radius 1 is 1.10 bits per heavy atom. The van der Waals surface area contributed by atoms with Crippen molar-refractivity contribution in [2.24, 2.45) is 0 Å². The van der Waals surface area contributed by atoms with Crippen LogP contribution in [0.1, 0.15) is 12.0 Å². The van der Waals surface area contributed by atoms with Gasteiger partial charge in [0.05, 0.1) is 16.3 Å². The van der Waals surface area contributed by atoms with E-state index in [4.69, 9.17) is 11.6 Å². The van der Waals surface area contributed by atoms with Crippen LogP contribution in [0.25, 0.3) is 0 Å². The van der Waals surface area contributed by atoms with Gasteiger partial charge in [0.25, 0.3) is 10.0 Å². The molecular weight excluding hydrogens is 308 g/mol. The van der Waals surface area contributed by atoms with Crippen molar-refractivity contribution in [2.45, 2.75) is 17.7 Å². The van der Waals surface area contributed by atoms with Gasteiger partial charge in [-0.05, 0) is 48.7 Å². The highest BCUT2D eigenvalue weighted by molar-refractivity contribution is 7.92. The average Bonchev–Trinajstić information content (AvgIpc) is 2.48. The highest BCUT2D eigenvalue weighted by atomic mass is 35.5. The minimum atomic E-state index is -3.61. The molecule has 0 radical (unpaired) electrons. The minimum absolute atomic E-state index is 0.195. The third-order valence-corrected chi connectivity index (χ3v) is 5.08. The first-order valence-corrected chi connectivity index (χ1v) is 8.56. The number of sulfonamides is 1. The zero-order valence-electron chi connectivity index (χ0n) is 11.3. The maximum atomic E-state index is 12.4. The van der Waals surface area contributed by atoms with Crippen molar-refractivity contribution in [3.8, 4) is 0 Å². The average molecular weight is 323 g/mol. The second-order valence-corrected chi connectivity index (χ2v) is 7.05. The lowest BCUT2D eigenvalue weighted by Crippen LogP contribution is -2.18. The predicted octanol–water partition coefficient (Wildman–Crippen LogP) is 3.50. The van der Waals surface area contributed by atoms with Crippen molar-refractivity contribution >= 4 is 33.0 Å². The normalized spacial score (nSPS) is 14.1. The number of fused-ring (bicyclic) bond motifs is 1. The SMILES string of the molecule is O=S(=O)(Nc1cccc2c1NCCC2)c1ccc(Cl)cc1. The molecule has 0 saturated heterocycles. The molecule has 1 aliphatic rings. The van der Waals surface area contributed by atoms with E-state index in [0.29, 0.717) is 10.7 Å². The zero-order chi connectivity index (χ0) is 14.9. The molecule has 0 atom stereocenters. The molecule has 21 heavy (non-hydrogen) atoms. The number of para-hydroxylation sites is 1. The van der Waals surface area contributed by atoms with E-state index in [0.717, 1.165) is 30.6 Å². The summed E-state index contributed by atoms with van der Waals surface area (Å²) in [5, 5.41) is 3.77. The van der Waals surface area contributed by atoms with Crippen molar-refractivity contribution in [2.75, 3.05) is 16.6 Å². The van der Waals surface area contributed by atoms with E-state index in [1.54, 1.807) is 18.2 Å². The van der Waals surface area contributed by atoms with Crippen molar-refractivity contribution in [1.29, 1.82) is 0 Å². The third kappa shape index (κ3) is 2.99. The number of benzene rings is 2. The smallest absolute Gasteiger partial charge is 0.261 e. The Hall–Kier alpha value is -1.72. The van der Waals surface area contributed by atoms with Gasteiger partial charge in [-0.3, -0.25) is 4.72 Å². The molecule has 0 spiro atoms. The Kier molecular flexibility index (Phi) is 3.78. The van der Waals surface area contributed by atoms with Gasteiger partial charge in [-0.15, -0.1) is 0 Å². The first-order chi connectivity index (χ1) is 10.1. The van der Waals surface area contributed by atoms with E-state index < -0.39 is 10.0 Å². The molecule has 4 nitrogen and oxygen atoms in total. The van der Waals surface area contributed by atoms with E-state index in [1.165, 1.54) is 12.1 Å². The Balaban J connectivity index is 1.94. The minimum Gasteiger partial charge on any atom is -0.383 e. The molecule has 0 unspecified atom stereocenters. The summed E-state index contributed by atoms with van der Waals surface area (Å²) >= 11 is 5.79. The number of hydrogen-bond acceptors (Lipinski definition) is 3. The molecule has 2 aromatic rings. The first kappa shape index (κ1) is 14.2. The molecule has 0 aliphatic carbocycles. The molecule has 110 valence electrons. The van der Waals surface area contributed by atoms with Crippen LogP contribution in [0.3, 0.4) is 0 Å². The lowest BCUT2D eigenvalue weighted by Gasteiger charge is -2.21. The number of anilines is 2. The van der Waals surface area contributed by atoms with Crippen LogP contribution >= 0.6 is 11.6 Å². The van der Waals surface area contributed by atoms with Gasteiger partial charge < -0.3 is 5.32 Å². The number of hydrogen-bond donors (Lipinski definition) is 2. The molecule has 2 aromatic carbocycles. The van der Waals surface area contributed by atoms with Crippen LogP contribution in [0.5, 0.6) is 0 Å². The van der Waals surface area contributed by atoms with Crippen LogP contribution in [0.15, 0.2) is 47.4 Å². The van der Waals surface area contributed by atoms with Crippen molar-refractivity contribution in [3.63, 3.8) is 0 Å². The van der Waals surface area contributed by atoms with E-state index in [-0.39, 0.29) is 4.90 Å². The maximum Gasteiger partial charge on any atom is 0.261 e. The summed E-state index contributed by atoms with van der Waals surface area (Å²) in [4.78, 5) is 0.195. The molecule has 1 aliphatic heterocycles. The molecule has 3 rings (SSSR count). The maximum absolute atomic E-state index is 12.4. The van der Waals surface area contributed by atoms with Gasteiger partial charge in [0.2, 0.25) is 0 Å². The molecule has 0 aromatic heterocycles. The Bertz CT molecular complexity index is 758. The van der Waals surface area contributed by atoms with Crippen molar-refractivity contribution < 1.29 is 8.42 Å². The Labute approximate surface area is 129 Å². The molecule has 0 fully saturated rings. The van der Waals surface area contributed by atoms with E-state index in [9.17, 15) is 8.42 Å². The van der Waals surface area contributed by atoms with Gasteiger partial charge in [-0.1, -0.05) is 23.7 Å². The summed E-state index contributed by atoms with van der Waals surface area (Å²) in [5.74, 6) is 0. The van der Waals surface area contributed by atoms with Crippen molar-refractivity contribution in [3.05, 3.63) is 53.1 Å². The molecule has 1 heterocycles. The van der Waals surface area contributed by atoms with Crippen LogP contribution < -0.4 is 10.0 Å². The summed E-state index contributed by atoms with van der Waals surface area (Å²) in [6.45, 7) is 0.854. The summed E-state index contributed by atoms with van der Waals surface area (Å²) in [7, 11) is -3.61. The number of rotatable bonds is 3. The molecule has 0 bridgehead atoms. The molecule has 0 amide bonds. The standard InChI is InChI=1S/C15H15ClN2O2S/c16-12-6-8-13(9-7-12)21(19,20)18-14-5-1-3-11-4-2-10-17-15(11)14/h1,3,5-9,17-18H,2,4,10H2.